The van der Waals surface area contributed by atoms with Gasteiger partial charge in [0.2, 0.25) is 0 Å². The fourth-order valence-electron chi connectivity index (χ4n) is 1.43. The zero-order valence-corrected chi connectivity index (χ0v) is 9.51. The van der Waals surface area contributed by atoms with Crippen LogP contribution in [0.5, 0.6) is 0 Å². The van der Waals surface area contributed by atoms with Crippen LogP contribution in [-0.2, 0) is 6.54 Å². The van der Waals surface area contributed by atoms with Crippen LogP contribution in [0.2, 0.25) is 0 Å². The van der Waals surface area contributed by atoms with E-state index in [0.717, 1.165) is 17.1 Å². The Morgan fingerprint density at radius 3 is 2.76 bits per heavy atom. The minimum Gasteiger partial charge on any atom is -0.378 e. The Labute approximate surface area is 100.0 Å². The van der Waals surface area contributed by atoms with E-state index in [4.69, 9.17) is 5.26 Å². The average Bonchev–Trinajstić information content (AvgIpc) is 2.38. The number of hydrogen-bond donors (Lipinski definition) is 1. The van der Waals surface area contributed by atoms with Gasteiger partial charge in [-0.2, -0.15) is 5.26 Å². The highest BCUT2D eigenvalue weighted by Crippen LogP contribution is 2.14. The molecule has 2 aromatic rings. The van der Waals surface area contributed by atoms with Gasteiger partial charge in [0.25, 0.3) is 0 Å². The molecule has 4 nitrogen and oxygen atoms in total. The normalized spacial score (nSPS) is 9.65. The van der Waals surface area contributed by atoms with Gasteiger partial charge in [-0.15, -0.1) is 0 Å². The average molecular weight is 224 g/mol. The molecule has 0 saturated carbocycles. The number of aromatic nitrogens is 2. The molecule has 1 N–H and O–H groups in total. The summed E-state index contributed by atoms with van der Waals surface area (Å²) >= 11 is 0. The third-order valence-corrected chi connectivity index (χ3v) is 2.34. The van der Waals surface area contributed by atoms with Crippen molar-refractivity contribution < 1.29 is 0 Å². The molecule has 0 aliphatic heterocycles. The smallest absolute Gasteiger partial charge is 0.101 e. The van der Waals surface area contributed by atoms with E-state index in [1.165, 1.54) is 0 Å². The van der Waals surface area contributed by atoms with Gasteiger partial charge in [0.05, 0.1) is 35.4 Å². The molecule has 0 spiro atoms. The van der Waals surface area contributed by atoms with Crippen molar-refractivity contribution in [3.05, 3.63) is 53.6 Å². The van der Waals surface area contributed by atoms with E-state index in [-0.39, 0.29) is 0 Å². The van der Waals surface area contributed by atoms with Crippen LogP contribution >= 0.6 is 0 Å². The molecule has 1 aromatic heterocycles. The first-order valence-corrected chi connectivity index (χ1v) is 5.30. The summed E-state index contributed by atoms with van der Waals surface area (Å²) < 4.78 is 0. The van der Waals surface area contributed by atoms with Crippen LogP contribution in [0, 0.1) is 18.3 Å². The van der Waals surface area contributed by atoms with Crippen LogP contribution in [-0.4, -0.2) is 9.97 Å². The summed E-state index contributed by atoms with van der Waals surface area (Å²) in [5.41, 5.74) is 3.19. The molecule has 84 valence electrons. The molecule has 17 heavy (non-hydrogen) atoms. The molecule has 0 saturated heterocycles. The number of aryl methyl sites for hydroxylation is 1. The Bertz CT molecular complexity index is 540. The van der Waals surface area contributed by atoms with Gasteiger partial charge in [0.1, 0.15) is 6.07 Å². The Morgan fingerprint density at radius 1 is 1.24 bits per heavy atom. The summed E-state index contributed by atoms with van der Waals surface area (Å²) in [7, 11) is 0. The monoisotopic (exact) mass is 224 g/mol. The Balaban J connectivity index is 2.08. The topological polar surface area (TPSA) is 61.6 Å². The van der Waals surface area contributed by atoms with Crippen LogP contribution in [0.3, 0.4) is 0 Å². The second-order valence-electron chi connectivity index (χ2n) is 3.66. The fraction of sp³-hybridized carbons (Fsp3) is 0.154. The van der Waals surface area contributed by atoms with Crippen molar-refractivity contribution in [2.24, 2.45) is 0 Å². The minimum absolute atomic E-state index is 0.561. The lowest BCUT2D eigenvalue weighted by atomic mass is 10.2. The number of benzene rings is 1. The van der Waals surface area contributed by atoms with E-state index >= 15 is 0 Å². The molecule has 1 heterocycles. The molecule has 0 aliphatic carbocycles. The number of anilines is 1. The molecule has 0 unspecified atom stereocenters. The third-order valence-electron chi connectivity index (χ3n) is 2.34. The summed E-state index contributed by atoms with van der Waals surface area (Å²) in [6.07, 6.45) is 3.46. The maximum absolute atomic E-state index is 8.93. The molecule has 0 fully saturated rings. The second-order valence-corrected chi connectivity index (χ2v) is 3.66. The van der Waals surface area contributed by atoms with Crippen molar-refractivity contribution >= 4 is 5.69 Å². The van der Waals surface area contributed by atoms with E-state index in [0.29, 0.717) is 12.1 Å². The van der Waals surface area contributed by atoms with Gasteiger partial charge in [-0.1, -0.05) is 12.1 Å². The van der Waals surface area contributed by atoms with Gasteiger partial charge in [-0.05, 0) is 19.1 Å². The third kappa shape index (κ3) is 2.79. The molecule has 4 heteroatoms. The lowest BCUT2D eigenvalue weighted by Gasteiger charge is -2.07. The minimum atomic E-state index is 0.561. The number of hydrogen-bond acceptors (Lipinski definition) is 4. The quantitative estimate of drug-likeness (QED) is 0.868. The van der Waals surface area contributed by atoms with E-state index in [1.54, 1.807) is 18.5 Å². The summed E-state index contributed by atoms with van der Waals surface area (Å²) in [6.45, 7) is 2.46. The Kier molecular flexibility index (Phi) is 3.31. The van der Waals surface area contributed by atoms with Crippen molar-refractivity contribution in [2.45, 2.75) is 13.5 Å². The van der Waals surface area contributed by atoms with Crippen LogP contribution in [0.25, 0.3) is 0 Å². The zero-order valence-electron chi connectivity index (χ0n) is 9.51. The van der Waals surface area contributed by atoms with Gasteiger partial charge in [-0.25, -0.2) is 0 Å². The summed E-state index contributed by atoms with van der Waals surface area (Å²) in [4.78, 5) is 8.41. The van der Waals surface area contributed by atoms with E-state index in [9.17, 15) is 0 Å². The lowest BCUT2D eigenvalue weighted by Crippen LogP contribution is -2.03. The van der Waals surface area contributed by atoms with Crippen molar-refractivity contribution in [3.8, 4) is 6.07 Å². The number of para-hydroxylation sites is 1. The SMILES string of the molecule is Cc1cnc(CNc2ccccc2C#N)cn1. The first-order chi connectivity index (χ1) is 8.29. The largest absolute Gasteiger partial charge is 0.378 e. The van der Waals surface area contributed by atoms with Gasteiger partial charge in [0.15, 0.2) is 0 Å². The zero-order chi connectivity index (χ0) is 12.1. The standard InChI is InChI=1S/C13H12N4/c1-10-7-16-12(8-15-10)9-17-13-5-3-2-4-11(13)6-14/h2-5,7-8,17H,9H2,1H3. The predicted octanol–water partition coefficient (Wildman–Crippen LogP) is 2.27. The molecule has 0 bridgehead atoms. The Morgan fingerprint density at radius 2 is 2.06 bits per heavy atom. The van der Waals surface area contributed by atoms with E-state index in [2.05, 4.69) is 21.4 Å². The maximum atomic E-state index is 8.93. The predicted molar refractivity (Wildman–Crippen MR) is 65.3 cm³/mol. The van der Waals surface area contributed by atoms with Crippen molar-refractivity contribution in [3.63, 3.8) is 0 Å². The second kappa shape index (κ2) is 5.08. The summed E-state index contributed by atoms with van der Waals surface area (Å²) in [5.74, 6) is 0. The van der Waals surface area contributed by atoms with Gasteiger partial charge in [-0.3, -0.25) is 9.97 Å². The van der Waals surface area contributed by atoms with E-state index in [1.807, 2.05) is 25.1 Å². The Hall–Kier alpha value is -2.41. The molecule has 0 aliphatic rings. The van der Waals surface area contributed by atoms with Gasteiger partial charge in [0, 0.05) is 6.20 Å². The lowest BCUT2D eigenvalue weighted by molar-refractivity contribution is 0.984. The van der Waals surface area contributed by atoms with Crippen LogP contribution < -0.4 is 5.32 Å². The van der Waals surface area contributed by atoms with Gasteiger partial charge >= 0.3 is 0 Å². The molecule has 0 amide bonds. The summed E-state index contributed by atoms with van der Waals surface area (Å²) in [6, 6.07) is 9.53. The molecule has 0 radical (unpaired) electrons. The van der Waals surface area contributed by atoms with Crippen molar-refractivity contribution in [1.82, 2.24) is 9.97 Å². The molecular weight excluding hydrogens is 212 g/mol. The van der Waals surface area contributed by atoms with Crippen molar-refractivity contribution in [1.29, 1.82) is 5.26 Å². The number of nitrogens with one attached hydrogen (secondary N) is 1. The van der Waals surface area contributed by atoms with Gasteiger partial charge < -0.3 is 5.32 Å². The first-order valence-electron chi connectivity index (χ1n) is 5.30. The maximum Gasteiger partial charge on any atom is 0.101 e. The summed E-state index contributed by atoms with van der Waals surface area (Å²) in [5, 5.41) is 12.1. The number of rotatable bonds is 3. The highest BCUT2D eigenvalue weighted by molar-refractivity contribution is 5.57. The molecule has 1 aromatic carbocycles. The van der Waals surface area contributed by atoms with Crippen LogP contribution in [0.15, 0.2) is 36.7 Å². The van der Waals surface area contributed by atoms with Crippen LogP contribution in [0.4, 0.5) is 5.69 Å². The van der Waals surface area contributed by atoms with Crippen molar-refractivity contribution in [2.75, 3.05) is 5.32 Å². The molecule has 0 atom stereocenters. The fourth-order valence-corrected chi connectivity index (χ4v) is 1.43. The molecule has 2 rings (SSSR count). The molecular formula is C13H12N4. The first kappa shape index (κ1) is 11.1. The highest BCUT2D eigenvalue weighted by Gasteiger charge is 2.00. The number of nitrogens with zero attached hydrogens (tertiary/aromatic N) is 3. The number of nitriles is 1. The van der Waals surface area contributed by atoms with Crippen LogP contribution in [0.1, 0.15) is 17.0 Å². The highest BCUT2D eigenvalue weighted by atomic mass is 14.9. The van der Waals surface area contributed by atoms with E-state index < -0.39 is 0 Å².